The van der Waals surface area contributed by atoms with Crippen LogP contribution in [0.1, 0.15) is 17.2 Å². The number of rotatable bonds is 3. The molecule has 0 aliphatic rings. The van der Waals surface area contributed by atoms with E-state index in [1.165, 1.54) is 12.1 Å². The maximum atomic E-state index is 13.2. The van der Waals surface area contributed by atoms with Gasteiger partial charge in [0.2, 0.25) is 0 Å². The van der Waals surface area contributed by atoms with E-state index >= 15 is 0 Å². The van der Waals surface area contributed by atoms with Crippen molar-refractivity contribution < 1.29 is 8.78 Å². The molecule has 0 saturated heterocycles. The minimum Gasteiger partial charge on any atom is -0.271 e. The highest BCUT2D eigenvalue weighted by molar-refractivity contribution is 6.30. The van der Waals surface area contributed by atoms with Crippen LogP contribution in [0.15, 0.2) is 42.5 Å². The predicted octanol–water partition coefficient (Wildman–Crippen LogP) is 3.17. The number of nitrogens with two attached hydrogens (primary N) is 1. The summed E-state index contributed by atoms with van der Waals surface area (Å²) >= 11 is 5.78. The summed E-state index contributed by atoms with van der Waals surface area (Å²) in [4.78, 5) is 0. The summed E-state index contributed by atoms with van der Waals surface area (Å²) in [5.74, 6) is 4.17. The van der Waals surface area contributed by atoms with Gasteiger partial charge in [0.05, 0.1) is 6.04 Å². The first-order valence-electron chi connectivity index (χ1n) is 5.28. The lowest BCUT2D eigenvalue weighted by Crippen LogP contribution is -2.29. The van der Waals surface area contributed by atoms with E-state index in [2.05, 4.69) is 5.43 Å². The van der Waals surface area contributed by atoms with Crippen LogP contribution >= 0.6 is 11.6 Å². The Morgan fingerprint density at radius 2 is 1.50 bits per heavy atom. The monoisotopic (exact) mass is 268 g/mol. The van der Waals surface area contributed by atoms with Crippen LogP contribution in [0.3, 0.4) is 0 Å². The third-order valence-corrected chi connectivity index (χ3v) is 2.84. The van der Waals surface area contributed by atoms with Crippen LogP contribution in [0.4, 0.5) is 8.78 Å². The second-order valence-electron chi connectivity index (χ2n) is 3.85. The smallest absolute Gasteiger partial charge is 0.126 e. The first-order chi connectivity index (χ1) is 8.60. The quantitative estimate of drug-likeness (QED) is 0.663. The van der Waals surface area contributed by atoms with Gasteiger partial charge in [0.25, 0.3) is 0 Å². The van der Waals surface area contributed by atoms with Crippen LogP contribution in [0, 0.1) is 11.6 Å². The van der Waals surface area contributed by atoms with E-state index in [0.717, 1.165) is 11.6 Å². The SMILES string of the molecule is NNC(c1ccc(Cl)cc1)c1cc(F)cc(F)c1. The molecule has 3 N–H and O–H groups in total. The molecule has 0 aliphatic heterocycles. The molecule has 2 aromatic carbocycles. The third kappa shape index (κ3) is 2.85. The molecule has 1 atom stereocenters. The molecule has 0 fully saturated rings. The fraction of sp³-hybridized carbons (Fsp3) is 0.0769. The summed E-state index contributed by atoms with van der Waals surface area (Å²) in [6, 6.07) is 9.68. The largest absolute Gasteiger partial charge is 0.271 e. The topological polar surface area (TPSA) is 38.0 Å². The van der Waals surface area contributed by atoms with Gasteiger partial charge in [0.15, 0.2) is 0 Å². The molecular weight excluding hydrogens is 258 g/mol. The van der Waals surface area contributed by atoms with Crippen LogP contribution < -0.4 is 11.3 Å². The molecule has 0 spiro atoms. The molecule has 0 amide bonds. The molecule has 0 bridgehead atoms. The molecule has 0 saturated carbocycles. The number of hydrazine groups is 1. The van der Waals surface area contributed by atoms with E-state index in [4.69, 9.17) is 17.4 Å². The predicted molar refractivity (Wildman–Crippen MR) is 67.0 cm³/mol. The molecule has 0 radical (unpaired) electrons. The summed E-state index contributed by atoms with van der Waals surface area (Å²) in [5, 5.41) is 0.583. The zero-order chi connectivity index (χ0) is 13.1. The summed E-state index contributed by atoms with van der Waals surface area (Å²) in [7, 11) is 0. The molecular formula is C13H11ClF2N2. The van der Waals surface area contributed by atoms with Crippen LogP contribution in [0.2, 0.25) is 5.02 Å². The zero-order valence-corrected chi connectivity index (χ0v) is 10.1. The summed E-state index contributed by atoms with van der Waals surface area (Å²) in [5.41, 5.74) is 3.72. The Kier molecular flexibility index (Phi) is 3.91. The van der Waals surface area contributed by atoms with Crippen LogP contribution in [-0.4, -0.2) is 0 Å². The van der Waals surface area contributed by atoms with Crippen molar-refractivity contribution in [2.75, 3.05) is 0 Å². The van der Waals surface area contributed by atoms with Crippen molar-refractivity contribution in [3.63, 3.8) is 0 Å². The van der Waals surface area contributed by atoms with Crippen molar-refractivity contribution in [1.82, 2.24) is 5.43 Å². The van der Waals surface area contributed by atoms with E-state index in [-0.39, 0.29) is 0 Å². The summed E-state index contributed by atoms with van der Waals surface area (Å²) < 4.78 is 26.3. The van der Waals surface area contributed by atoms with Gasteiger partial charge in [-0.3, -0.25) is 5.84 Å². The number of hydrogen-bond donors (Lipinski definition) is 2. The van der Waals surface area contributed by atoms with Crippen molar-refractivity contribution >= 4 is 11.6 Å². The lowest BCUT2D eigenvalue weighted by molar-refractivity contribution is 0.566. The molecule has 0 aliphatic carbocycles. The fourth-order valence-electron chi connectivity index (χ4n) is 1.78. The highest BCUT2D eigenvalue weighted by atomic mass is 35.5. The Balaban J connectivity index is 2.41. The number of benzene rings is 2. The molecule has 2 nitrogen and oxygen atoms in total. The Hall–Kier alpha value is -1.49. The van der Waals surface area contributed by atoms with E-state index in [9.17, 15) is 8.78 Å². The molecule has 94 valence electrons. The maximum absolute atomic E-state index is 13.2. The molecule has 0 aromatic heterocycles. The molecule has 5 heteroatoms. The average Bonchev–Trinajstić information content (AvgIpc) is 2.31. The molecule has 18 heavy (non-hydrogen) atoms. The minimum atomic E-state index is -0.640. The standard InChI is InChI=1S/C13H11ClF2N2/c14-10-3-1-8(2-4-10)13(18-17)9-5-11(15)7-12(16)6-9/h1-7,13,18H,17H2. The summed E-state index contributed by atoms with van der Waals surface area (Å²) in [6.45, 7) is 0. The van der Waals surface area contributed by atoms with E-state index < -0.39 is 17.7 Å². The van der Waals surface area contributed by atoms with Crippen molar-refractivity contribution in [3.05, 3.63) is 70.2 Å². The van der Waals surface area contributed by atoms with E-state index in [1.807, 2.05) is 0 Å². The second kappa shape index (κ2) is 5.44. The van der Waals surface area contributed by atoms with Crippen molar-refractivity contribution in [1.29, 1.82) is 0 Å². The molecule has 2 aromatic rings. The fourth-order valence-corrected chi connectivity index (χ4v) is 1.91. The Morgan fingerprint density at radius 1 is 0.944 bits per heavy atom. The maximum Gasteiger partial charge on any atom is 0.126 e. The zero-order valence-electron chi connectivity index (χ0n) is 9.33. The van der Waals surface area contributed by atoms with Crippen LogP contribution in [0.5, 0.6) is 0 Å². The average molecular weight is 269 g/mol. The Bertz CT molecular complexity index is 523. The van der Waals surface area contributed by atoms with Crippen molar-refractivity contribution in [2.24, 2.45) is 5.84 Å². The highest BCUT2D eigenvalue weighted by Crippen LogP contribution is 2.24. The van der Waals surface area contributed by atoms with Gasteiger partial charge in [-0.25, -0.2) is 14.2 Å². The lowest BCUT2D eigenvalue weighted by atomic mass is 9.99. The molecule has 1 unspecified atom stereocenters. The third-order valence-electron chi connectivity index (χ3n) is 2.59. The lowest BCUT2D eigenvalue weighted by Gasteiger charge is -2.17. The van der Waals surface area contributed by atoms with Gasteiger partial charge in [-0.05, 0) is 35.4 Å². The highest BCUT2D eigenvalue weighted by Gasteiger charge is 2.14. The minimum absolute atomic E-state index is 0.414. The van der Waals surface area contributed by atoms with Crippen molar-refractivity contribution in [2.45, 2.75) is 6.04 Å². The molecule has 0 heterocycles. The second-order valence-corrected chi connectivity index (χ2v) is 4.29. The van der Waals surface area contributed by atoms with Gasteiger partial charge in [0, 0.05) is 11.1 Å². The molecule has 2 rings (SSSR count). The van der Waals surface area contributed by atoms with E-state index in [1.54, 1.807) is 24.3 Å². The van der Waals surface area contributed by atoms with Gasteiger partial charge in [0.1, 0.15) is 11.6 Å². The van der Waals surface area contributed by atoms with Gasteiger partial charge in [-0.2, -0.15) is 0 Å². The van der Waals surface area contributed by atoms with Crippen molar-refractivity contribution in [3.8, 4) is 0 Å². The van der Waals surface area contributed by atoms with Gasteiger partial charge < -0.3 is 0 Å². The van der Waals surface area contributed by atoms with Gasteiger partial charge >= 0.3 is 0 Å². The Labute approximate surface area is 108 Å². The van der Waals surface area contributed by atoms with Crippen LogP contribution in [0.25, 0.3) is 0 Å². The van der Waals surface area contributed by atoms with Crippen LogP contribution in [-0.2, 0) is 0 Å². The first kappa shape index (κ1) is 13.0. The number of hydrogen-bond acceptors (Lipinski definition) is 2. The number of nitrogens with one attached hydrogen (secondary N) is 1. The normalized spacial score (nSPS) is 12.4. The van der Waals surface area contributed by atoms with E-state index in [0.29, 0.717) is 10.6 Å². The van der Waals surface area contributed by atoms with Gasteiger partial charge in [-0.15, -0.1) is 0 Å². The first-order valence-corrected chi connectivity index (χ1v) is 5.65. The Morgan fingerprint density at radius 3 is 2.00 bits per heavy atom. The number of halogens is 3. The summed E-state index contributed by atoms with van der Waals surface area (Å²) in [6.07, 6.45) is 0. The van der Waals surface area contributed by atoms with Gasteiger partial charge in [-0.1, -0.05) is 23.7 Å².